The SMILES string of the molecule is CCS(=O)(=O)c1ccc(Cl)cc1CNC(=O)c1cc(Cl)c(CN2CCC(CNC)C2)c(C(F)(F)F)c1. The third-order valence-electron chi connectivity index (χ3n) is 6.18. The molecule has 1 atom stereocenters. The van der Waals surface area contributed by atoms with Crippen LogP contribution in [0.4, 0.5) is 13.2 Å². The first-order valence-electron chi connectivity index (χ1n) is 11.4. The highest BCUT2D eigenvalue weighted by atomic mass is 35.5. The van der Waals surface area contributed by atoms with Gasteiger partial charge >= 0.3 is 6.18 Å². The highest BCUT2D eigenvalue weighted by Gasteiger charge is 2.36. The molecule has 0 bridgehead atoms. The van der Waals surface area contributed by atoms with Crippen molar-refractivity contribution in [3.63, 3.8) is 0 Å². The number of amides is 1. The number of halogens is 5. The number of likely N-dealkylation sites (tertiary alicyclic amines) is 1. The molecule has 0 spiro atoms. The molecule has 0 radical (unpaired) electrons. The van der Waals surface area contributed by atoms with E-state index in [0.29, 0.717) is 19.0 Å². The topological polar surface area (TPSA) is 78.5 Å². The van der Waals surface area contributed by atoms with Crippen LogP contribution < -0.4 is 10.6 Å². The van der Waals surface area contributed by atoms with E-state index in [1.807, 2.05) is 11.9 Å². The van der Waals surface area contributed by atoms with E-state index in [0.717, 1.165) is 19.0 Å². The number of alkyl halides is 3. The Morgan fingerprint density at radius 3 is 2.56 bits per heavy atom. The van der Waals surface area contributed by atoms with Gasteiger partial charge < -0.3 is 10.6 Å². The highest BCUT2D eigenvalue weighted by Crippen LogP contribution is 2.37. The van der Waals surface area contributed by atoms with Crippen molar-refractivity contribution in [3.05, 3.63) is 62.6 Å². The Kier molecular flexibility index (Phi) is 9.32. The third kappa shape index (κ3) is 6.92. The summed E-state index contributed by atoms with van der Waals surface area (Å²) in [6, 6.07) is 6.17. The van der Waals surface area contributed by atoms with E-state index in [2.05, 4.69) is 10.6 Å². The summed E-state index contributed by atoms with van der Waals surface area (Å²) < 4.78 is 66.6. The summed E-state index contributed by atoms with van der Waals surface area (Å²) in [5.74, 6) is -0.626. The maximum atomic E-state index is 14.0. The zero-order chi connectivity index (χ0) is 26.7. The summed E-state index contributed by atoms with van der Waals surface area (Å²) in [5, 5.41) is 5.69. The Labute approximate surface area is 219 Å². The summed E-state index contributed by atoms with van der Waals surface area (Å²) in [5.41, 5.74) is -1.07. The van der Waals surface area contributed by atoms with Crippen LogP contribution in [0.2, 0.25) is 10.0 Å². The molecule has 1 unspecified atom stereocenters. The number of rotatable bonds is 9. The minimum absolute atomic E-state index is 0.00116. The quantitative estimate of drug-likeness (QED) is 0.457. The predicted molar refractivity (Wildman–Crippen MR) is 134 cm³/mol. The number of nitrogens with zero attached hydrogens (tertiary/aromatic N) is 1. The molecular formula is C24H28Cl2F3N3O3S. The van der Waals surface area contributed by atoms with Crippen LogP contribution in [0, 0.1) is 5.92 Å². The summed E-state index contributed by atoms with van der Waals surface area (Å²) >= 11 is 12.3. The van der Waals surface area contributed by atoms with E-state index in [9.17, 15) is 26.4 Å². The summed E-state index contributed by atoms with van der Waals surface area (Å²) in [7, 11) is -1.77. The van der Waals surface area contributed by atoms with Crippen molar-refractivity contribution in [3.8, 4) is 0 Å². The van der Waals surface area contributed by atoms with Gasteiger partial charge in [-0.2, -0.15) is 13.2 Å². The molecule has 36 heavy (non-hydrogen) atoms. The first kappa shape index (κ1) is 28.7. The Balaban J connectivity index is 1.84. The number of hydrogen-bond acceptors (Lipinski definition) is 5. The molecule has 198 valence electrons. The molecule has 6 nitrogen and oxygen atoms in total. The van der Waals surface area contributed by atoms with Crippen LogP contribution in [0.5, 0.6) is 0 Å². The fraction of sp³-hybridized carbons (Fsp3) is 0.458. The summed E-state index contributed by atoms with van der Waals surface area (Å²) in [4.78, 5) is 14.7. The van der Waals surface area contributed by atoms with Crippen molar-refractivity contribution in [2.75, 3.05) is 32.4 Å². The fourth-order valence-corrected chi connectivity index (χ4v) is 5.93. The van der Waals surface area contributed by atoms with Gasteiger partial charge in [-0.1, -0.05) is 30.1 Å². The predicted octanol–water partition coefficient (Wildman–Crippen LogP) is 4.78. The molecule has 1 fully saturated rings. The van der Waals surface area contributed by atoms with Crippen LogP contribution >= 0.6 is 23.2 Å². The fourth-order valence-electron chi connectivity index (χ4n) is 4.34. The second-order valence-electron chi connectivity index (χ2n) is 8.77. The molecule has 0 aliphatic carbocycles. The molecule has 1 aliphatic rings. The van der Waals surface area contributed by atoms with Crippen LogP contribution in [0.15, 0.2) is 35.2 Å². The number of sulfone groups is 1. The first-order chi connectivity index (χ1) is 16.9. The Morgan fingerprint density at radius 2 is 1.92 bits per heavy atom. The second kappa shape index (κ2) is 11.7. The van der Waals surface area contributed by atoms with Crippen LogP contribution in [0.25, 0.3) is 0 Å². The average Bonchev–Trinajstić information content (AvgIpc) is 3.25. The minimum Gasteiger partial charge on any atom is -0.348 e. The molecule has 2 aromatic carbocycles. The van der Waals surface area contributed by atoms with Gasteiger partial charge in [0, 0.05) is 35.2 Å². The lowest BCUT2D eigenvalue weighted by Crippen LogP contribution is -2.27. The molecule has 1 saturated heterocycles. The van der Waals surface area contributed by atoms with E-state index >= 15 is 0 Å². The first-order valence-corrected chi connectivity index (χ1v) is 13.8. The van der Waals surface area contributed by atoms with Crippen molar-refractivity contribution in [2.24, 2.45) is 5.92 Å². The van der Waals surface area contributed by atoms with E-state index < -0.39 is 27.5 Å². The number of hydrogen-bond donors (Lipinski definition) is 2. The van der Waals surface area contributed by atoms with Gasteiger partial charge in [0.1, 0.15) is 0 Å². The molecule has 0 aromatic heterocycles. The van der Waals surface area contributed by atoms with Crippen molar-refractivity contribution in [2.45, 2.75) is 37.5 Å². The number of benzene rings is 2. The van der Waals surface area contributed by atoms with Crippen LogP contribution in [-0.4, -0.2) is 51.7 Å². The van der Waals surface area contributed by atoms with Gasteiger partial charge in [0.25, 0.3) is 5.91 Å². The molecule has 1 amide bonds. The van der Waals surface area contributed by atoms with Crippen LogP contribution in [-0.2, 0) is 29.1 Å². The number of nitrogens with one attached hydrogen (secondary N) is 2. The molecule has 1 heterocycles. The molecule has 12 heteroatoms. The van der Waals surface area contributed by atoms with Gasteiger partial charge in [-0.3, -0.25) is 9.69 Å². The number of carbonyl (C=O) groups is 1. The van der Waals surface area contributed by atoms with E-state index in [-0.39, 0.29) is 50.5 Å². The van der Waals surface area contributed by atoms with Crippen LogP contribution in [0.1, 0.15) is 40.4 Å². The number of carbonyl (C=O) groups excluding carboxylic acids is 1. The van der Waals surface area contributed by atoms with E-state index in [1.54, 1.807) is 0 Å². The van der Waals surface area contributed by atoms with Gasteiger partial charge in [0.15, 0.2) is 9.84 Å². The van der Waals surface area contributed by atoms with E-state index in [1.165, 1.54) is 31.2 Å². The molecular weight excluding hydrogens is 538 g/mol. The lowest BCUT2D eigenvalue weighted by atomic mass is 10.0. The van der Waals surface area contributed by atoms with Gasteiger partial charge in [-0.25, -0.2) is 8.42 Å². The molecule has 1 aliphatic heterocycles. The van der Waals surface area contributed by atoms with Crippen molar-refractivity contribution >= 4 is 38.9 Å². The zero-order valence-corrected chi connectivity index (χ0v) is 22.2. The zero-order valence-electron chi connectivity index (χ0n) is 19.9. The Morgan fingerprint density at radius 1 is 1.19 bits per heavy atom. The largest absolute Gasteiger partial charge is 0.416 e. The van der Waals surface area contributed by atoms with Crippen LogP contribution in [0.3, 0.4) is 0 Å². The average molecular weight is 566 g/mol. The van der Waals surface area contributed by atoms with Gasteiger partial charge in [-0.05, 0) is 73.9 Å². The molecule has 2 aromatic rings. The monoisotopic (exact) mass is 565 g/mol. The van der Waals surface area contributed by atoms with Gasteiger partial charge in [0.2, 0.25) is 0 Å². The summed E-state index contributed by atoms with van der Waals surface area (Å²) in [6.45, 7) is 3.36. The maximum absolute atomic E-state index is 14.0. The Hall–Kier alpha value is -1.85. The standard InChI is InChI=1S/C24H28Cl2F3N3O3S/c1-3-36(34,35)22-5-4-18(25)8-17(22)12-31-23(33)16-9-20(24(27,28)29)19(21(26)10-16)14-32-7-6-15(13-32)11-30-2/h4-5,8-10,15,30H,3,6-7,11-14H2,1-2H3,(H,31,33). The summed E-state index contributed by atoms with van der Waals surface area (Å²) in [6.07, 6.45) is -3.84. The lowest BCUT2D eigenvalue weighted by Gasteiger charge is -2.21. The third-order valence-corrected chi connectivity index (χ3v) is 8.59. The van der Waals surface area contributed by atoms with Gasteiger partial charge in [-0.15, -0.1) is 0 Å². The minimum atomic E-state index is -4.71. The van der Waals surface area contributed by atoms with Gasteiger partial charge in [0.05, 0.1) is 16.2 Å². The molecule has 0 saturated carbocycles. The van der Waals surface area contributed by atoms with Crippen molar-refractivity contribution < 1.29 is 26.4 Å². The normalized spacial score (nSPS) is 16.9. The maximum Gasteiger partial charge on any atom is 0.416 e. The van der Waals surface area contributed by atoms with Crippen molar-refractivity contribution in [1.29, 1.82) is 0 Å². The smallest absolute Gasteiger partial charge is 0.348 e. The second-order valence-corrected chi connectivity index (χ2v) is 11.9. The highest BCUT2D eigenvalue weighted by molar-refractivity contribution is 7.91. The lowest BCUT2D eigenvalue weighted by molar-refractivity contribution is -0.138. The van der Waals surface area contributed by atoms with Crippen molar-refractivity contribution in [1.82, 2.24) is 15.5 Å². The molecule has 3 rings (SSSR count). The van der Waals surface area contributed by atoms with E-state index in [4.69, 9.17) is 23.2 Å². The molecule has 2 N–H and O–H groups in total. The Bertz CT molecular complexity index is 1220.